The second kappa shape index (κ2) is 10.2. The highest BCUT2D eigenvalue weighted by Crippen LogP contribution is 2.02. The van der Waals surface area contributed by atoms with Crippen LogP contribution in [0.25, 0.3) is 0 Å². The van der Waals surface area contributed by atoms with E-state index in [0.717, 1.165) is 5.56 Å². The van der Waals surface area contributed by atoms with E-state index >= 15 is 0 Å². The van der Waals surface area contributed by atoms with E-state index in [4.69, 9.17) is 5.73 Å². The zero-order valence-corrected chi connectivity index (χ0v) is 12.5. The van der Waals surface area contributed by atoms with E-state index in [-0.39, 0.29) is 24.2 Å². The molecule has 0 spiro atoms. The monoisotopic (exact) mass is 299 g/mol. The van der Waals surface area contributed by atoms with Gasteiger partial charge in [0.15, 0.2) is 0 Å². The molecule has 20 heavy (non-hydrogen) atoms. The predicted octanol–water partition coefficient (Wildman–Crippen LogP) is 1.00. The third kappa shape index (κ3) is 7.11. The molecule has 0 atom stereocenters. The van der Waals surface area contributed by atoms with Gasteiger partial charge in [0, 0.05) is 25.1 Å². The zero-order chi connectivity index (χ0) is 14.1. The number of carbonyl (C=O) groups is 2. The van der Waals surface area contributed by atoms with Gasteiger partial charge in [-0.15, -0.1) is 12.4 Å². The summed E-state index contributed by atoms with van der Waals surface area (Å²) in [5.41, 5.74) is 7.05. The van der Waals surface area contributed by atoms with Gasteiger partial charge in [0.2, 0.25) is 5.91 Å². The second-order valence-corrected chi connectivity index (χ2v) is 4.36. The molecule has 0 heterocycles. The molecule has 0 bridgehead atoms. The van der Waals surface area contributed by atoms with Crippen molar-refractivity contribution in [1.29, 1.82) is 0 Å². The molecule has 1 aromatic rings. The number of aryl methyl sites for hydroxylation is 1. The molecule has 1 rings (SSSR count). The van der Waals surface area contributed by atoms with Gasteiger partial charge in [-0.25, -0.2) is 0 Å². The summed E-state index contributed by atoms with van der Waals surface area (Å²) in [6.07, 6.45) is 1.12. The lowest BCUT2D eigenvalue weighted by Crippen LogP contribution is -2.34. The van der Waals surface area contributed by atoms with Gasteiger partial charge < -0.3 is 16.4 Å². The third-order valence-electron chi connectivity index (χ3n) is 2.65. The van der Waals surface area contributed by atoms with E-state index in [1.54, 1.807) is 12.1 Å². The Morgan fingerprint density at radius 2 is 1.70 bits per heavy atom. The van der Waals surface area contributed by atoms with Crippen LogP contribution in [0.15, 0.2) is 24.3 Å². The lowest BCUT2D eigenvalue weighted by Gasteiger charge is -2.07. The summed E-state index contributed by atoms with van der Waals surface area (Å²) in [5.74, 6) is -0.161. The Bertz CT molecular complexity index is 421. The van der Waals surface area contributed by atoms with Crippen LogP contribution < -0.4 is 16.4 Å². The van der Waals surface area contributed by atoms with Crippen LogP contribution >= 0.6 is 12.4 Å². The number of hydrogen-bond acceptors (Lipinski definition) is 3. The SMILES string of the molecule is Cc1ccc(C(=O)NCCNC(=O)CCCN)cc1.Cl. The average Bonchev–Trinajstić information content (AvgIpc) is 2.41. The lowest BCUT2D eigenvalue weighted by atomic mass is 10.1. The Balaban J connectivity index is 0.00000361. The summed E-state index contributed by atoms with van der Waals surface area (Å²) in [4.78, 5) is 23.0. The fourth-order valence-electron chi connectivity index (χ4n) is 1.54. The first-order chi connectivity index (χ1) is 9.13. The standard InChI is InChI=1S/C14H21N3O2.ClH/c1-11-4-6-12(7-5-11)14(19)17-10-9-16-13(18)3-2-8-15;/h4-7H,2-3,8-10,15H2,1H3,(H,16,18)(H,17,19);1H. The van der Waals surface area contributed by atoms with Gasteiger partial charge in [-0.3, -0.25) is 9.59 Å². The van der Waals surface area contributed by atoms with Gasteiger partial charge in [0.25, 0.3) is 5.91 Å². The molecule has 0 radical (unpaired) electrons. The largest absolute Gasteiger partial charge is 0.354 e. The summed E-state index contributed by atoms with van der Waals surface area (Å²) in [7, 11) is 0. The smallest absolute Gasteiger partial charge is 0.251 e. The number of nitrogens with two attached hydrogens (primary N) is 1. The molecule has 0 saturated carbocycles. The van der Waals surface area contributed by atoms with Gasteiger partial charge in [-0.1, -0.05) is 17.7 Å². The minimum absolute atomic E-state index is 0. The van der Waals surface area contributed by atoms with Crippen LogP contribution in [0.2, 0.25) is 0 Å². The Kier molecular flexibility index (Phi) is 9.41. The zero-order valence-electron chi connectivity index (χ0n) is 11.6. The van der Waals surface area contributed by atoms with E-state index in [1.165, 1.54) is 0 Å². The van der Waals surface area contributed by atoms with Crippen LogP contribution in [0, 0.1) is 6.92 Å². The highest BCUT2D eigenvalue weighted by atomic mass is 35.5. The highest BCUT2D eigenvalue weighted by Gasteiger charge is 2.04. The summed E-state index contributed by atoms with van der Waals surface area (Å²) in [6.45, 7) is 3.33. The Hall–Kier alpha value is -1.59. The molecule has 0 saturated heterocycles. The fourth-order valence-corrected chi connectivity index (χ4v) is 1.54. The minimum Gasteiger partial charge on any atom is -0.354 e. The first-order valence-electron chi connectivity index (χ1n) is 6.45. The lowest BCUT2D eigenvalue weighted by molar-refractivity contribution is -0.121. The molecule has 1 aromatic carbocycles. The molecular formula is C14H22ClN3O2. The van der Waals surface area contributed by atoms with Gasteiger partial charge in [0.05, 0.1) is 0 Å². The Morgan fingerprint density at radius 3 is 2.30 bits per heavy atom. The number of benzene rings is 1. The molecule has 5 nitrogen and oxygen atoms in total. The number of nitrogens with one attached hydrogen (secondary N) is 2. The molecule has 0 fully saturated rings. The maximum Gasteiger partial charge on any atom is 0.251 e. The maximum absolute atomic E-state index is 11.7. The van der Waals surface area contributed by atoms with E-state index in [2.05, 4.69) is 10.6 Å². The number of halogens is 1. The van der Waals surface area contributed by atoms with Crippen molar-refractivity contribution in [2.24, 2.45) is 5.73 Å². The molecule has 0 aliphatic carbocycles. The predicted molar refractivity (Wildman–Crippen MR) is 82.1 cm³/mol. The molecular weight excluding hydrogens is 278 g/mol. The van der Waals surface area contributed by atoms with Crippen LogP contribution in [-0.2, 0) is 4.79 Å². The van der Waals surface area contributed by atoms with E-state index in [9.17, 15) is 9.59 Å². The van der Waals surface area contributed by atoms with Gasteiger partial charge >= 0.3 is 0 Å². The van der Waals surface area contributed by atoms with E-state index < -0.39 is 0 Å². The topological polar surface area (TPSA) is 84.2 Å². The van der Waals surface area contributed by atoms with E-state index in [0.29, 0.717) is 38.0 Å². The van der Waals surface area contributed by atoms with Gasteiger partial charge in [0.1, 0.15) is 0 Å². The summed E-state index contributed by atoms with van der Waals surface area (Å²) >= 11 is 0. The van der Waals surface area contributed by atoms with Crippen molar-refractivity contribution < 1.29 is 9.59 Å². The average molecular weight is 300 g/mol. The molecule has 4 N–H and O–H groups in total. The molecule has 0 aromatic heterocycles. The second-order valence-electron chi connectivity index (χ2n) is 4.36. The first kappa shape index (κ1) is 18.4. The normalized spacial score (nSPS) is 9.50. The maximum atomic E-state index is 11.7. The highest BCUT2D eigenvalue weighted by molar-refractivity contribution is 5.94. The van der Waals surface area contributed by atoms with Crippen molar-refractivity contribution in [3.8, 4) is 0 Å². The molecule has 0 aliphatic rings. The molecule has 0 unspecified atom stereocenters. The number of amides is 2. The van der Waals surface area contributed by atoms with Gasteiger partial charge in [-0.05, 0) is 32.0 Å². The van der Waals surface area contributed by atoms with Crippen molar-refractivity contribution in [3.63, 3.8) is 0 Å². The minimum atomic E-state index is -0.129. The fraction of sp³-hybridized carbons (Fsp3) is 0.429. The van der Waals surface area contributed by atoms with Crippen LogP contribution in [0.3, 0.4) is 0 Å². The summed E-state index contributed by atoms with van der Waals surface area (Å²) in [6, 6.07) is 7.35. The number of rotatable bonds is 7. The quantitative estimate of drug-likeness (QED) is 0.657. The number of hydrogen-bond donors (Lipinski definition) is 3. The van der Waals surface area contributed by atoms with Crippen LogP contribution in [0.5, 0.6) is 0 Å². The van der Waals surface area contributed by atoms with Crippen molar-refractivity contribution in [3.05, 3.63) is 35.4 Å². The van der Waals surface area contributed by atoms with Crippen molar-refractivity contribution >= 4 is 24.2 Å². The molecule has 6 heteroatoms. The van der Waals surface area contributed by atoms with Crippen LogP contribution in [0.4, 0.5) is 0 Å². The molecule has 2 amide bonds. The van der Waals surface area contributed by atoms with Crippen LogP contribution in [0.1, 0.15) is 28.8 Å². The molecule has 112 valence electrons. The Labute approximate surface area is 125 Å². The van der Waals surface area contributed by atoms with Gasteiger partial charge in [-0.2, -0.15) is 0 Å². The van der Waals surface area contributed by atoms with Crippen molar-refractivity contribution in [2.75, 3.05) is 19.6 Å². The molecule has 0 aliphatic heterocycles. The van der Waals surface area contributed by atoms with Crippen LogP contribution in [-0.4, -0.2) is 31.4 Å². The number of carbonyl (C=O) groups excluding carboxylic acids is 2. The Morgan fingerprint density at radius 1 is 1.10 bits per heavy atom. The van der Waals surface area contributed by atoms with Crippen molar-refractivity contribution in [1.82, 2.24) is 10.6 Å². The van der Waals surface area contributed by atoms with E-state index in [1.807, 2.05) is 19.1 Å². The summed E-state index contributed by atoms with van der Waals surface area (Å²) in [5, 5.41) is 5.48. The summed E-state index contributed by atoms with van der Waals surface area (Å²) < 4.78 is 0. The first-order valence-corrected chi connectivity index (χ1v) is 6.45. The van der Waals surface area contributed by atoms with Crippen molar-refractivity contribution in [2.45, 2.75) is 19.8 Å². The third-order valence-corrected chi connectivity index (χ3v) is 2.65.